The predicted octanol–water partition coefficient (Wildman–Crippen LogP) is 2.77. The van der Waals surface area contributed by atoms with Gasteiger partial charge in [0.2, 0.25) is 5.95 Å². The first-order chi connectivity index (χ1) is 11.8. The van der Waals surface area contributed by atoms with E-state index in [0.29, 0.717) is 19.1 Å². The van der Waals surface area contributed by atoms with Crippen molar-refractivity contribution in [1.82, 2.24) is 19.5 Å². The van der Waals surface area contributed by atoms with Crippen LogP contribution in [0, 0.1) is 6.92 Å². The first-order valence-electron chi connectivity index (χ1n) is 7.69. The molecule has 0 saturated carbocycles. The van der Waals surface area contributed by atoms with Crippen molar-refractivity contribution >= 4 is 17.5 Å². The molecule has 1 aromatic carbocycles. The molecule has 0 fully saturated rings. The molecule has 7 nitrogen and oxygen atoms in total. The predicted molar refractivity (Wildman–Crippen MR) is 94.0 cm³/mol. The first kappa shape index (κ1) is 15.9. The van der Waals surface area contributed by atoms with Gasteiger partial charge in [-0.05, 0) is 18.6 Å². The van der Waals surface area contributed by atoms with Gasteiger partial charge in [0.1, 0.15) is 18.0 Å². The zero-order valence-corrected chi connectivity index (χ0v) is 13.7. The molecule has 0 aliphatic carbocycles. The van der Waals surface area contributed by atoms with Crippen molar-refractivity contribution in [2.75, 3.05) is 30.9 Å². The lowest BCUT2D eigenvalue weighted by Crippen LogP contribution is -2.10. The van der Waals surface area contributed by atoms with E-state index in [2.05, 4.69) is 38.6 Å². The number of aryl methyl sites for hydroxylation is 1. The number of rotatable bonds is 7. The van der Waals surface area contributed by atoms with Crippen LogP contribution < -0.4 is 10.6 Å². The molecule has 2 heterocycles. The SMILES string of the molecule is COCCNc1cc(-n2ccnc2Nc2ccccc2C)ncn1. The maximum absolute atomic E-state index is 5.03. The van der Waals surface area contributed by atoms with Crippen LogP contribution in [0.5, 0.6) is 0 Å². The fourth-order valence-corrected chi connectivity index (χ4v) is 2.27. The summed E-state index contributed by atoms with van der Waals surface area (Å²) in [5.41, 5.74) is 2.16. The highest BCUT2D eigenvalue weighted by Crippen LogP contribution is 2.21. The lowest BCUT2D eigenvalue weighted by Gasteiger charge is -2.12. The second kappa shape index (κ2) is 7.56. The van der Waals surface area contributed by atoms with Crippen LogP contribution in [-0.2, 0) is 4.74 Å². The number of imidazole rings is 1. The maximum atomic E-state index is 5.03. The highest BCUT2D eigenvalue weighted by molar-refractivity contribution is 5.59. The van der Waals surface area contributed by atoms with Crippen LogP contribution in [0.25, 0.3) is 5.82 Å². The molecule has 0 unspecified atom stereocenters. The molecule has 0 saturated heterocycles. The Morgan fingerprint density at radius 3 is 2.88 bits per heavy atom. The van der Waals surface area contributed by atoms with Crippen LogP contribution >= 0.6 is 0 Å². The van der Waals surface area contributed by atoms with Crippen molar-refractivity contribution in [2.24, 2.45) is 0 Å². The van der Waals surface area contributed by atoms with Crippen LogP contribution in [-0.4, -0.2) is 39.8 Å². The molecule has 124 valence electrons. The molecule has 24 heavy (non-hydrogen) atoms. The van der Waals surface area contributed by atoms with Gasteiger partial charge in [-0.15, -0.1) is 0 Å². The van der Waals surface area contributed by atoms with E-state index in [1.807, 2.05) is 35.0 Å². The van der Waals surface area contributed by atoms with Gasteiger partial charge >= 0.3 is 0 Å². The van der Waals surface area contributed by atoms with E-state index in [-0.39, 0.29) is 0 Å². The van der Waals surface area contributed by atoms with Gasteiger partial charge in [-0.2, -0.15) is 0 Å². The summed E-state index contributed by atoms with van der Waals surface area (Å²) in [6.45, 7) is 3.35. The largest absolute Gasteiger partial charge is 0.383 e. The summed E-state index contributed by atoms with van der Waals surface area (Å²) in [5.74, 6) is 2.18. The highest BCUT2D eigenvalue weighted by Gasteiger charge is 2.08. The van der Waals surface area contributed by atoms with E-state index in [9.17, 15) is 0 Å². The first-order valence-corrected chi connectivity index (χ1v) is 7.69. The third-order valence-electron chi connectivity index (χ3n) is 3.54. The number of methoxy groups -OCH3 is 1. The topological polar surface area (TPSA) is 76.9 Å². The van der Waals surface area contributed by atoms with Crippen molar-refractivity contribution in [3.8, 4) is 5.82 Å². The number of nitrogens with zero attached hydrogens (tertiary/aromatic N) is 4. The molecular formula is C17H20N6O. The van der Waals surface area contributed by atoms with Crippen LogP contribution in [0.3, 0.4) is 0 Å². The summed E-state index contributed by atoms with van der Waals surface area (Å²) < 4.78 is 6.92. The number of benzene rings is 1. The van der Waals surface area contributed by atoms with Gasteiger partial charge in [-0.25, -0.2) is 15.0 Å². The summed E-state index contributed by atoms with van der Waals surface area (Å²) in [5, 5.41) is 6.54. The van der Waals surface area contributed by atoms with Crippen molar-refractivity contribution in [1.29, 1.82) is 0 Å². The third-order valence-corrected chi connectivity index (χ3v) is 3.54. The monoisotopic (exact) mass is 324 g/mol. The van der Waals surface area contributed by atoms with Gasteiger partial charge in [0.05, 0.1) is 6.61 Å². The van der Waals surface area contributed by atoms with Crippen LogP contribution in [0.4, 0.5) is 17.5 Å². The quantitative estimate of drug-likeness (QED) is 0.651. The third kappa shape index (κ3) is 3.69. The normalized spacial score (nSPS) is 10.6. The molecule has 0 radical (unpaired) electrons. The molecular weight excluding hydrogens is 304 g/mol. The van der Waals surface area contributed by atoms with Gasteiger partial charge in [0.25, 0.3) is 0 Å². The smallest absolute Gasteiger partial charge is 0.213 e. The Balaban J connectivity index is 1.82. The average Bonchev–Trinajstić information content (AvgIpc) is 3.06. The molecule has 0 atom stereocenters. The number of aromatic nitrogens is 4. The minimum absolute atomic E-state index is 0.616. The lowest BCUT2D eigenvalue weighted by atomic mass is 10.2. The molecule has 2 aromatic heterocycles. The maximum Gasteiger partial charge on any atom is 0.213 e. The molecule has 2 N–H and O–H groups in total. The second-order valence-electron chi connectivity index (χ2n) is 5.24. The highest BCUT2D eigenvalue weighted by atomic mass is 16.5. The molecule has 0 bridgehead atoms. The van der Waals surface area contributed by atoms with Gasteiger partial charge in [-0.3, -0.25) is 4.57 Å². The summed E-state index contributed by atoms with van der Waals surface area (Å²) in [4.78, 5) is 12.9. The molecule has 0 amide bonds. The summed E-state index contributed by atoms with van der Waals surface area (Å²) in [6.07, 6.45) is 5.13. The average molecular weight is 324 g/mol. The Bertz CT molecular complexity index is 801. The fourth-order valence-electron chi connectivity index (χ4n) is 2.27. The van der Waals surface area contributed by atoms with Crippen molar-refractivity contribution < 1.29 is 4.74 Å². The van der Waals surface area contributed by atoms with Crippen molar-refractivity contribution in [2.45, 2.75) is 6.92 Å². The molecule has 0 aliphatic heterocycles. The van der Waals surface area contributed by atoms with Crippen LogP contribution in [0.2, 0.25) is 0 Å². The van der Waals surface area contributed by atoms with Gasteiger partial charge in [0, 0.05) is 37.8 Å². The number of nitrogens with one attached hydrogen (secondary N) is 2. The standard InChI is InChI=1S/C17H20N6O/c1-13-5-3-4-6-14(13)22-17-19-7-9-23(17)16-11-15(20-12-21-16)18-8-10-24-2/h3-7,9,11-12H,8,10H2,1-2H3,(H,19,22)(H,18,20,21). The van der Waals surface area contributed by atoms with E-state index in [0.717, 1.165) is 22.9 Å². The van der Waals surface area contributed by atoms with Crippen molar-refractivity contribution in [3.05, 3.63) is 54.6 Å². The summed E-state index contributed by atoms with van der Waals surface area (Å²) in [6, 6.07) is 9.95. The van der Waals surface area contributed by atoms with E-state index in [1.165, 1.54) is 6.33 Å². The number of ether oxygens (including phenoxy) is 1. The van der Waals surface area contributed by atoms with Crippen molar-refractivity contribution in [3.63, 3.8) is 0 Å². The Kier molecular flexibility index (Phi) is 5.02. The number of anilines is 3. The number of hydrogen-bond donors (Lipinski definition) is 2. The zero-order chi connectivity index (χ0) is 16.8. The van der Waals surface area contributed by atoms with E-state index < -0.39 is 0 Å². The van der Waals surface area contributed by atoms with E-state index in [1.54, 1.807) is 13.3 Å². The Hall–Kier alpha value is -2.93. The Labute approximate surface area is 140 Å². The van der Waals surface area contributed by atoms with Gasteiger partial charge in [0.15, 0.2) is 0 Å². The molecule has 0 aliphatic rings. The van der Waals surface area contributed by atoms with Gasteiger partial charge < -0.3 is 15.4 Å². The summed E-state index contributed by atoms with van der Waals surface area (Å²) in [7, 11) is 1.67. The Morgan fingerprint density at radius 2 is 2.04 bits per heavy atom. The number of hydrogen-bond acceptors (Lipinski definition) is 6. The minimum atomic E-state index is 0.616. The van der Waals surface area contributed by atoms with Crippen LogP contribution in [0.1, 0.15) is 5.56 Å². The van der Waals surface area contributed by atoms with Crippen LogP contribution in [0.15, 0.2) is 49.1 Å². The van der Waals surface area contributed by atoms with E-state index in [4.69, 9.17) is 4.74 Å². The van der Waals surface area contributed by atoms with E-state index >= 15 is 0 Å². The second-order valence-corrected chi connectivity index (χ2v) is 5.24. The molecule has 0 spiro atoms. The summed E-state index contributed by atoms with van der Waals surface area (Å²) >= 11 is 0. The molecule has 7 heteroatoms. The zero-order valence-electron chi connectivity index (χ0n) is 13.7. The minimum Gasteiger partial charge on any atom is -0.383 e. The number of para-hydroxylation sites is 1. The molecule has 3 rings (SSSR count). The fraction of sp³-hybridized carbons (Fsp3) is 0.235. The lowest BCUT2D eigenvalue weighted by molar-refractivity contribution is 0.210. The van der Waals surface area contributed by atoms with Gasteiger partial charge in [-0.1, -0.05) is 18.2 Å². The molecule has 3 aromatic rings. The Morgan fingerprint density at radius 1 is 1.17 bits per heavy atom.